The predicted molar refractivity (Wildman–Crippen MR) is 47.4 cm³/mol. The van der Waals surface area contributed by atoms with Crippen LogP contribution in [0.25, 0.3) is 0 Å². The van der Waals surface area contributed by atoms with Gasteiger partial charge in [0, 0.05) is 0 Å². The van der Waals surface area contributed by atoms with Crippen LogP contribution in [0, 0.1) is 5.41 Å². The minimum absolute atomic E-state index is 0.328. The van der Waals surface area contributed by atoms with Crippen LogP contribution in [-0.2, 0) is 0 Å². The Bertz CT molecular complexity index is 307. The third-order valence-corrected chi connectivity index (χ3v) is 3.67. The highest BCUT2D eigenvalue weighted by atomic mass is 19.4. The van der Waals surface area contributed by atoms with E-state index in [-0.39, 0.29) is 6.42 Å². The molecule has 0 saturated heterocycles. The Labute approximate surface area is 98.3 Å². The molecular weight excluding hydrogens is 272 g/mol. The lowest BCUT2D eigenvalue weighted by molar-refractivity contribution is -0.303. The number of hydrogen-bond acceptors (Lipinski definition) is 0. The molecule has 18 heavy (non-hydrogen) atoms. The number of hydrogen-bond donors (Lipinski definition) is 0. The highest BCUT2D eigenvalue weighted by molar-refractivity contribution is 5.24. The normalized spacial score (nSPS) is 30.3. The van der Waals surface area contributed by atoms with Crippen molar-refractivity contribution in [2.24, 2.45) is 5.41 Å². The molecule has 1 aliphatic carbocycles. The van der Waals surface area contributed by atoms with Gasteiger partial charge in [-0.3, -0.25) is 0 Å². The first-order valence-corrected chi connectivity index (χ1v) is 5.38. The summed E-state index contributed by atoms with van der Waals surface area (Å²) in [5, 5.41) is 0. The molecular formula is C10H12F8. The first-order valence-electron chi connectivity index (χ1n) is 5.38. The van der Waals surface area contributed by atoms with Crippen molar-refractivity contribution < 1.29 is 35.1 Å². The van der Waals surface area contributed by atoms with Gasteiger partial charge in [-0.2, -0.15) is 35.1 Å². The third-order valence-electron chi connectivity index (χ3n) is 3.67. The zero-order valence-electron chi connectivity index (χ0n) is 9.65. The minimum Gasteiger partial charge on any atom is -0.199 e. The molecule has 0 heterocycles. The van der Waals surface area contributed by atoms with E-state index in [2.05, 4.69) is 0 Å². The maximum absolute atomic E-state index is 13.5. The summed E-state index contributed by atoms with van der Waals surface area (Å²) in [4.78, 5) is 0. The van der Waals surface area contributed by atoms with E-state index >= 15 is 0 Å². The van der Waals surface area contributed by atoms with Gasteiger partial charge in [-0.15, -0.1) is 0 Å². The maximum atomic E-state index is 13.5. The summed E-state index contributed by atoms with van der Waals surface area (Å²) in [7, 11) is 0. The average Bonchev–Trinajstić information content (AvgIpc) is 2.28. The summed E-state index contributed by atoms with van der Waals surface area (Å²) in [5.41, 5.74) is -3.72. The maximum Gasteiger partial charge on any atom is 0.379 e. The third kappa shape index (κ3) is 1.22. The van der Waals surface area contributed by atoms with Gasteiger partial charge in [0.05, 0.1) is 0 Å². The lowest BCUT2D eigenvalue weighted by Gasteiger charge is -2.37. The van der Waals surface area contributed by atoms with Gasteiger partial charge in [-0.05, 0) is 12.8 Å². The zero-order chi connectivity index (χ0) is 14.6. The van der Waals surface area contributed by atoms with Crippen LogP contribution in [0.5, 0.6) is 0 Å². The van der Waals surface area contributed by atoms with Crippen molar-refractivity contribution in [3.63, 3.8) is 0 Å². The second-order valence-corrected chi connectivity index (χ2v) is 4.48. The smallest absolute Gasteiger partial charge is 0.199 e. The summed E-state index contributed by atoms with van der Waals surface area (Å²) in [6, 6.07) is 0. The van der Waals surface area contributed by atoms with E-state index in [1.165, 1.54) is 6.92 Å². The van der Waals surface area contributed by atoms with Gasteiger partial charge >= 0.3 is 23.7 Å². The number of rotatable bonds is 3. The van der Waals surface area contributed by atoms with Gasteiger partial charge in [0.15, 0.2) is 0 Å². The van der Waals surface area contributed by atoms with E-state index in [9.17, 15) is 35.1 Å². The summed E-state index contributed by atoms with van der Waals surface area (Å²) in [6.07, 6.45) is -2.59. The summed E-state index contributed by atoms with van der Waals surface area (Å²) < 4.78 is 106. The second kappa shape index (κ2) is 3.72. The van der Waals surface area contributed by atoms with E-state index in [4.69, 9.17) is 0 Å². The molecule has 0 atom stereocenters. The Morgan fingerprint density at radius 2 is 0.944 bits per heavy atom. The van der Waals surface area contributed by atoms with Crippen LogP contribution in [0.3, 0.4) is 0 Å². The highest BCUT2D eigenvalue weighted by Gasteiger charge is 2.97. The molecule has 0 radical (unpaired) electrons. The molecule has 0 unspecified atom stereocenters. The molecule has 0 N–H and O–H groups in total. The molecule has 1 rings (SSSR count). The van der Waals surface area contributed by atoms with Gasteiger partial charge in [0.1, 0.15) is 5.41 Å². The van der Waals surface area contributed by atoms with Crippen molar-refractivity contribution >= 4 is 0 Å². The van der Waals surface area contributed by atoms with E-state index in [1.54, 1.807) is 0 Å². The molecule has 0 nitrogen and oxygen atoms in total. The molecule has 0 aromatic carbocycles. The fourth-order valence-corrected chi connectivity index (χ4v) is 2.55. The molecule has 0 aliphatic heterocycles. The van der Waals surface area contributed by atoms with Gasteiger partial charge in [0.2, 0.25) is 0 Å². The Kier molecular flexibility index (Phi) is 3.21. The Morgan fingerprint density at radius 1 is 0.611 bits per heavy atom. The topological polar surface area (TPSA) is 0 Å². The highest BCUT2D eigenvalue weighted by Crippen LogP contribution is 2.73. The molecule has 0 amide bonds. The van der Waals surface area contributed by atoms with Crippen LogP contribution in [0.4, 0.5) is 35.1 Å². The van der Waals surface area contributed by atoms with Crippen molar-refractivity contribution in [1.29, 1.82) is 0 Å². The molecule has 0 aromatic rings. The summed E-state index contributed by atoms with van der Waals surface area (Å²) in [5.74, 6) is -23.0. The average molecular weight is 284 g/mol. The van der Waals surface area contributed by atoms with Gasteiger partial charge in [-0.25, -0.2) is 0 Å². The molecule has 0 spiro atoms. The number of halogens is 8. The van der Waals surface area contributed by atoms with Crippen LogP contribution < -0.4 is 0 Å². The van der Waals surface area contributed by atoms with Gasteiger partial charge in [-0.1, -0.05) is 20.3 Å². The SMILES string of the molecule is CCCC1(CC)C(F)(F)C(F)(F)C(F)(F)C1(F)F. The Hall–Kier alpha value is -0.560. The molecule has 8 heteroatoms. The van der Waals surface area contributed by atoms with Crippen molar-refractivity contribution in [3.05, 3.63) is 0 Å². The van der Waals surface area contributed by atoms with Crippen LogP contribution in [0.1, 0.15) is 33.1 Å². The van der Waals surface area contributed by atoms with E-state index in [0.29, 0.717) is 0 Å². The fraction of sp³-hybridized carbons (Fsp3) is 1.00. The second-order valence-electron chi connectivity index (χ2n) is 4.48. The first kappa shape index (κ1) is 15.5. The van der Waals surface area contributed by atoms with Crippen molar-refractivity contribution in [2.45, 2.75) is 56.8 Å². The fourth-order valence-electron chi connectivity index (χ4n) is 2.55. The minimum atomic E-state index is -6.06. The summed E-state index contributed by atoms with van der Waals surface area (Å²) >= 11 is 0. The van der Waals surface area contributed by atoms with Crippen LogP contribution >= 0.6 is 0 Å². The van der Waals surface area contributed by atoms with Crippen molar-refractivity contribution in [3.8, 4) is 0 Å². The predicted octanol–water partition coefficient (Wildman–Crippen LogP) is 4.74. The summed E-state index contributed by atoms with van der Waals surface area (Å²) in [6.45, 7) is 1.98. The van der Waals surface area contributed by atoms with Crippen molar-refractivity contribution in [1.82, 2.24) is 0 Å². The van der Waals surface area contributed by atoms with Crippen molar-refractivity contribution in [2.75, 3.05) is 0 Å². The van der Waals surface area contributed by atoms with Gasteiger partial charge < -0.3 is 0 Å². The first-order chi connectivity index (χ1) is 7.87. The molecule has 0 bridgehead atoms. The van der Waals surface area contributed by atoms with E-state index in [0.717, 1.165) is 6.92 Å². The Balaban J connectivity index is 3.61. The lowest BCUT2D eigenvalue weighted by atomic mass is 9.74. The lowest BCUT2D eigenvalue weighted by Crippen LogP contribution is -2.51. The van der Waals surface area contributed by atoms with Crippen LogP contribution in [-0.4, -0.2) is 23.7 Å². The standard InChI is InChI=1S/C10H12F8/c1-3-5-6(4-2)7(11,12)9(15,16)10(17,18)8(6,13)14/h3-5H2,1-2H3. The number of alkyl halides is 8. The van der Waals surface area contributed by atoms with E-state index < -0.39 is 41.9 Å². The molecule has 0 aromatic heterocycles. The molecule has 1 fully saturated rings. The quantitative estimate of drug-likeness (QED) is 0.657. The van der Waals surface area contributed by atoms with Gasteiger partial charge in [0.25, 0.3) is 0 Å². The largest absolute Gasteiger partial charge is 0.379 e. The van der Waals surface area contributed by atoms with Crippen LogP contribution in [0.15, 0.2) is 0 Å². The molecule has 1 aliphatic rings. The Morgan fingerprint density at radius 3 is 1.17 bits per heavy atom. The van der Waals surface area contributed by atoms with Crippen LogP contribution in [0.2, 0.25) is 0 Å². The zero-order valence-corrected chi connectivity index (χ0v) is 9.65. The van der Waals surface area contributed by atoms with E-state index in [1.807, 2.05) is 0 Å². The molecule has 1 saturated carbocycles. The monoisotopic (exact) mass is 284 g/mol. The molecule has 108 valence electrons.